The number of ether oxygens (including phenoxy) is 2. The minimum Gasteiger partial charge on any atom is -0.508 e. The Hall–Kier alpha value is -3.39. The van der Waals surface area contributed by atoms with Gasteiger partial charge < -0.3 is 54.7 Å². The molecule has 12 heteroatoms. The van der Waals surface area contributed by atoms with Crippen molar-refractivity contribution < 1.29 is 54.7 Å². The molecule has 0 bridgehead atoms. The highest BCUT2D eigenvalue weighted by Crippen LogP contribution is 2.41. The standard InChI is InChI=1S/C26H30O12/c1-26(2,35)8-7-13-15(36-25-22(34)20(32)18(30)16(10-27)37-25)9-14(29)17-19(31)21(33)23(38-24(13)17)11-3-5-12(28)6-4-11/h3-6,9,16,18,20,22,25,27-30,32-35H,7-8,10H2,1-2H3/t16-,18-,20+,22-,25-/m1/s1. The smallest absolute Gasteiger partial charge is 0.238 e. The van der Waals surface area contributed by atoms with E-state index in [4.69, 9.17) is 13.9 Å². The molecule has 2 aromatic carbocycles. The predicted molar refractivity (Wildman–Crippen MR) is 132 cm³/mol. The highest BCUT2D eigenvalue weighted by molar-refractivity contribution is 5.91. The van der Waals surface area contributed by atoms with Crippen LogP contribution >= 0.6 is 0 Å². The van der Waals surface area contributed by atoms with Crippen molar-refractivity contribution in [3.8, 4) is 34.3 Å². The number of aromatic hydroxyl groups is 3. The van der Waals surface area contributed by atoms with Crippen LogP contribution in [0.15, 0.2) is 39.5 Å². The van der Waals surface area contributed by atoms with Crippen LogP contribution in [0.3, 0.4) is 0 Å². The highest BCUT2D eigenvalue weighted by atomic mass is 16.7. The van der Waals surface area contributed by atoms with E-state index in [1.165, 1.54) is 24.3 Å². The maximum absolute atomic E-state index is 13.1. The zero-order chi connectivity index (χ0) is 27.9. The van der Waals surface area contributed by atoms with E-state index in [1.54, 1.807) is 13.8 Å². The van der Waals surface area contributed by atoms with Gasteiger partial charge in [-0.05, 0) is 51.0 Å². The third-order valence-corrected chi connectivity index (χ3v) is 6.39. The van der Waals surface area contributed by atoms with Crippen LogP contribution in [0.25, 0.3) is 22.3 Å². The summed E-state index contributed by atoms with van der Waals surface area (Å²) in [6.45, 7) is 2.42. The van der Waals surface area contributed by atoms with Gasteiger partial charge in [0.15, 0.2) is 5.76 Å². The monoisotopic (exact) mass is 534 g/mol. The van der Waals surface area contributed by atoms with Gasteiger partial charge in [0, 0.05) is 17.2 Å². The lowest BCUT2D eigenvalue weighted by Crippen LogP contribution is -2.60. The van der Waals surface area contributed by atoms with E-state index < -0.39 is 59.8 Å². The maximum Gasteiger partial charge on any atom is 0.238 e. The summed E-state index contributed by atoms with van der Waals surface area (Å²) in [6.07, 6.45) is -7.83. The molecule has 4 rings (SSSR count). The molecule has 0 saturated carbocycles. The summed E-state index contributed by atoms with van der Waals surface area (Å²) < 4.78 is 17.1. The molecule has 12 nitrogen and oxygen atoms in total. The molecule has 206 valence electrons. The van der Waals surface area contributed by atoms with E-state index in [0.717, 1.165) is 6.07 Å². The Morgan fingerprint density at radius 2 is 1.66 bits per heavy atom. The van der Waals surface area contributed by atoms with E-state index in [9.17, 15) is 45.6 Å². The van der Waals surface area contributed by atoms with Crippen LogP contribution in [-0.4, -0.2) is 83.8 Å². The van der Waals surface area contributed by atoms with Crippen molar-refractivity contribution in [3.63, 3.8) is 0 Å². The van der Waals surface area contributed by atoms with E-state index in [0.29, 0.717) is 0 Å². The first-order chi connectivity index (χ1) is 17.8. The summed E-state index contributed by atoms with van der Waals surface area (Å²) in [4.78, 5) is 13.1. The third-order valence-electron chi connectivity index (χ3n) is 6.39. The van der Waals surface area contributed by atoms with Crippen LogP contribution in [0.5, 0.6) is 23.0 Å². The molecular weight excluding hydrogens is 504 g/mol. The Balaban J connectivity index is 1.90. The van der Waals surface area contributed by atoms with E-state index >= 15 is 0 Å². The number of aryl methyl sites for hydroxylation is 1. The highest BCUT2D eigenvalue weighted by Gasteiger charge is 2.45. The third kappa shape index (κ3) is 5.27. The van der Waals surface area contributed by atoms with Crippen LogP contribution in [0, 0.1) is 0 Å². The van der Waals surface area contributed by atoms with E-state index in [1.807, 2.05) is 0 Å². The fourth-order valence-corrected chi connectivity index (χ4v) is 4.24. The second-order valence-electron chi connectivity index (χ2n) is 9.86. The van der Waals surface area contributed by atoms with Gasteiger partial charge in [0.25, 0.3) is 0 Å². The first kappa shape index (κ1) is 27.6. The van der Waals surface area contributed by atoms with Crippen LogP contribution < -0.4 is 10.2 Å². The molecule has 1 aliphatic rings. The molecular formula is C26H30O12. The summed E-state index contributed by atoms with van der Waals surface area (Å²) in [5.74, 6) is -1.87. The van der Waals surface area contributed by atoms with Gasteiger partial charge in [0.2, 0.25) is 17.5 Å². The Morgan fingerprint density at radius 3 is 2.26 bits per heavy atom. The van der Waals surface area contributed by atoms with Gasteiger partial charge in [0.1, 0.15) is 52.6 Å². The fraction of sp³-hybridized carbons (Fsp3) is 0.423. The molecule has 0 amide bonds. The van der Waals surface area contributed by atoms with Crippen molar-refractivity contribution in [1.29, 1.82) is 0 Å². The molecule has 1 fully saturated rings. The normalized spacial score (nSPS) is 24.0. The number of hydrogen-bond donors (Lipinski definition) is 8. The first-order valence-electron chi connectivity index (χ1n) is 11.9. The molecule has 3 aromatic rings. The number of fused-ring (bicyclic) bond motifs is 1. The minimum absolute atomic E-state index is 0.0236. The molecule has 5 atom stereocenters. The Bertz CT molecular complexity index is 1360. The summed E-state index contributed by atoms with van der Waals surface area (Å²) in [6, 6.07) is 6.50. The molecule has 1 aliphatic heterocycles. The zero-order valence-corrected chi connectivity index (χ0v) is 20.6. The van der Waals surface area contributed by atoms with Gasteiger partial charge in [-0.2, -0.15) is 0 Å². The minimum atomic E-state index is -1.76. The van der Waals surface area contributed by atoms with Crippen molar-refractivity contribution in [2.75, 3.05) is 6.61 Å². The van der Waals surface area contributed by atoms with Gasteiger partial charge in [-0.25, -0.2) is 0 Å². The summed E-state index contributed by atoms with van der Waals surface area (Å²) >= 11 is 0. The van der Waals surface area contributed by atoms with Crippen molar-refractivity contribution in [2.24, 2.45) is 0 Å². The summed E-state index contributed by atoms with van der Waals surface area (Å²) in [7, 11) is 0. The second-order valence-corrected chi connectivity index (χ2v) is 9.86. The quantitative estimate of drug-likeness (QED) is 0.208. The SMILES string of the molecule is CC(C)(O)CCc1c(O[C@@H]2O[C@H](CO)[C@@H](O)[C@H](O)[C@H]2O)cc(O)c2c(=O)c(O)c(-c3ccc(O)cc3)oc12. The zero-order valence-electron chi connectivity index (χ0n) is 20.6. The molecule has 38 heavy (non-hydrogen) atoms. The summed E-state index contributed by atoms with van der Waals surface area (Å²) in [5.41, 5.74) is -1.90. The number of hydrogen-bond acceptors (Lipinski definition) is 12. The van der Waals surface area contributed by atoms with Crippen LogP contribution in [-0.2, 0) is 11.2 Å². The lowest BCUT2D eigenvalue weighted by molar-refractivity contribution is -0.277. The molecule has 0 aliphatic carbocycles. The van der Waals surface area contributed by atoms with E-state index in [-0.39, 0.29) is 52.2 Å². The molecule has 2 heterocycles. The fourth-order valence-electron chi connectivity index (χ4n) is 4.24. The number of phenols is 2. The van der Waals surface area contributed by atoms with Gasteiger partial charge in [-0.3, -0.25) is 4.79 Å². The van der Waals surface area contributed by atoms with Crippen LogP contribution in [0.1, 0.15) is 25.8 Å². The van der Waals surface area contributed by atoms with Gasteiger partial charge >= 0.3 is 0 Å². The van der Waals surface area contributed by atoms with Crippen LogP contribution in [0.2, 0.25) is 0 Å². The second kappa shape index (κ2) is 10.4. The average molecular weight is 535 g/mol. The number of benzene rings is 2. The number of aliphatic hydroxyl groups is 5. The molecule has 0 radical (unpaired) electrons. The van der Waals surface area contributed by atoms with Crippen molar-refractivity contribution >= 4 is 11.0 Å². The van der Waals surface area contributed by atoms with Gasteiger partial charge in [-0.1, -0.05) is 0 Å². The molecule has 0 unspecified atom stereocenters. The molecule has 8 N–H and O–H groups in total. The number of rotatable bonds is 7. The lowest BCUT2D eigenvalue weighted by Gasteiger charge is -2.39. The molecule has 1 saturated heterocycles. The first-order valence-corrected chi connectivity index (χ1v) is 11.9. The largest absolute Gasteiger partial charge is 0.508 e. The Morgan fingerprint density at radius 1 is 1.00 bits per heavy atom. The number of aliphatic hydroxyl groups excluding tert-OH is 4. The Kier molecular flexibility index (Phi) is 7.57. The van der Waals surface area contributed by atoms with Crippen molar-refractivity contribution in [1.82, 2.24) is 0 Å². The van der Waals surface area contributed by atoms with Crippen molar-refractivity contribution in [3.05, 3.63) is 46.1 Å². The lowest BCUT2D eigenvalue weighted by atomic mass is 9.96. The molecule has 0 spiro atoms. The molecule has 1 aromatic heterocycles. The van der Waals surface area contributed by atoms with E-state index in [2.05, 4.69) is 0 Å². The predicted octanol–water partition coefficient (Wildman–Crippen LogP) is 0.459. The van der Waals surface area contributed by atoms with Crippen molar-refractivity contribution in [2.45, 2.75) is 63.0 Å². The average Bonchev–Trinajstić information content (AvgIpc) is 2.85. The van der Waals surface area contributed by atoms with Gasteiger partial charge in [-0.15, -0.1) is 0 Å². The Labute approximate surface area is 216 Å². The topological polar surface area (TPSA) is 211 Å². The number of phenolic OH excluding ortho intramolecular Hbond substituents is 2. The maximum atomic E-state index is 13.1. The van der Waals surface area contributed by atoms with Crippen LogP contribution in [0.4, 0.5) is 0 Å². The van der Waals surface area contributed by atoms with Gasteiger partial charge in [0.05, 0.1) is 12.2 Å². The summed E-state index contributed by atoms with van der Waals surface area (Å²) in [5, 5.41) is 81.0.